The Morgan fingerprint density at radius 2 is 0.952 bits per heavy atom. The number of nitrogens with one attached hydrogen (secondary N) is 15. The van der Waals surface area contributed by atoms with Crippen molar-refractivity contribution >= 4 is 177 Å². The summed E-state index contributed by atoms with van der Waals surface area (Å²) < 4.78 is 6.09. The lowest BCUT2D eigenvalue weighted by molar-refractivity contribution is -0.141. The summed E-state index contributed by atoms with van der Waals surface area (Å²) in [5.41, 5.74) is 7.08. The van der Waals surface area contributed by atoms with Crippen LogP contribution in [0.1, 0.15) is 100 Å². The fraction of sp³-hybridized carbons (Fsp3) is 0.529. The van der Waals surface area contributed by atoms with E-state index in [1.807, 2.05) is 24.3 Å². The Balaban J connectivity index is 0.000000572. The molecule has 58 nitrogen and oxygen atoms in total. The number of amides is 10. The van der Waals surface area contributed by atoms with Gasteiger partial charge in [0, 0.05) is 110 Å². The van der Waals surface area contributed by atoms with E-state index >= 15 is 0 Å². The number of H-pyrrole nitrogens is 1. The topological polar surface area (TPSA) is 954 Å². The molecule has 0 saturated carbocycles. The molecular weight excluding hydrogens is 2050 g/mol. The number of rotatable bonds is 66. The number of carboxylic acids is 4. The highest BCUT2D eigenvalue weighted by Gasteiger charge is 2.38. The second-order valence-electron chi connectivity index (χ2n) is 32.3. The summed E-state index contributed by atoms with van der Waals surface area (Å²) in [5, 5.41) is 220. The number of nitrogens with zero attached hydrogens (tertiary/aromatic N) is 6. The second-order valence-corrected chi connectivity index (χ2v) is 35.8. The third-order valence-corrected chi connectivity index (χ3v) is 24.0. The van der Waals surface area contributed by atoms with Gasteiger partial charge in [-0.1, -0.05) is 43.6 Å². The van der Waals surface area contributed by atoms with Crippen molar-refractivity contribution in [2.24, 2.45) is 0 Å². The number of anilines is 5. The van der Waals surface area contributed by atoms with Crippen molar-refractivity contribution in [2.45, 2.75) is 206 Å². The zero-order valence-electron chi connectivity index (χ0n) is 78.3. The summed E-state index contributed by atoms with van der Waals surface area (Å²) in [5.74, 6) is -14.5. The van der Waals surface area contributed by atoms with Crippen LogP contribution >= 0.6 is 37.5 Å². The number of ketones is 1. The molecule has 0 unspecified atom stereocenters. The number of nitrogens with two attached hydrogens (primary N) is 1. The second kappa shape index (κ2) is 64.0. The van der Waals surface area contributed by atoms with Gasteiger partial charge in [0.05, 0.1) is 80.4 Å². The lowest BCUT2D eigenvalue weighted by Gasteiger charge is -2.27. The molecule has 0 saturated heterocycles. The maximum atomic E-state index is 14.2. The molecule has 10 amide bonds. The number of pyridine rings is 1. The molecule has 6 rings (SSSR count). The molecule has 36 N–H and O–H groups in total. The standard InChI is InChI=1S/C52H75N13O25.C33H46BrN9O11S2/c1-22(68)26(9-14-38(76)77)60-48(86)28(7-12-36(74)56-19-32(70)42(81)44(83)34(72)21-67)61-49(87)29(10-15-39(78)79)62-47(85)27(6-11-35(73)55-18-31(69)41(80)43(82)33(71)20-66)59-37(75)13-8-30(51(89)90)63-46(84)23-2-4-24(5-3-23)54-16-25-17-57-45-40(58-25)50(88)65-52(53)64-45;1-35-21(5-6-27(47)39-14-24(45)28(48)29(49)25(46)15-44)31(50)43-23(32(51)52)16-56-55-10-9-54-33(53)37-8-7-36-26-12-20-22(13-38-26)40-17-41-30(20)42-19-4-2-3-18(34)11-19/h2-5,17,26-34,41-44,54,66-67,69-72,80-83H,6-16,18-21H2,1H3,(H,55,73)(H,56,74)(H,59,75)(H,60,86)(H,61,87)(H,62,85)(H,63,84)(H,76,77)(H,78,79)(H,89,90)(H3,53,57,64,65,88);2-4,11-13,17,21,23-25,28-29,35,44-46,48-49H,5-10,14-16H2,1H3,(H,36,38)(H,37,53)(H,39,47)(H,43,50)(H,51,52)(H,40,41,42)/t26-,27-,28-,29-,30-,31-,32-,33+,34+,41+,42+,43+,44+;21-,23-,24-,25+,28+,29+/m00/s1. The number of carboxylic acid groups (broad SMARTS) is 4. The highest BCUT2D eigenvalue weighted by atomic mass is 79.9. The molecule has 0 spiro atoms. The number of aromatic amines is 1. The third kappa shape index (κ3) is 43.7. The number of hydrogen-bond acceptors (Lipinski definition) is 45. The van der Waals surface area contributed by atoms with E-state index in [0.717, 1.165) is 33.3 Å². The molecule has 0 aliphatic heterocycles. The van der Waals surface area contributed by atoms with E-state index in [1.165, 1.54) is 54.6 Å². The minimum absolute atomic E-state index is 0.00586. The predicted molar refractivity (Wildman–Crippen MR) is 516 cm³/mol. The summed E-state index contributed by atoms with van der Waals surface area (Å²) in [6.45, 7) is -3.30. The number of aliphatic carboxylic acids is 4. The molecule has 806 valence electrons. The fourth-order valence-corrected chi connectivity index (χ4v) is 15.2. The van der Waals surface area contributed by atoms with Crippen molar-refractivity contribution < 1.29 is 174 Å². The number of alkyl carbamates (subject to hydrolysis) is 1. The zero-order valence-corrected chi connectivity index (χ0v) is 81.5. The summed E-state index contributed by atoms with van der Waals surface area (Å²) in [6, 6.07) is 3.76. The van der Waals surface area contributed by atoms with Crippen LogP contribution in [0.25, 0.3) is 22.1 Å². The van der Waals surface area contributed by atoms with Gasteiger partial charge >= 0.3 is 30.0 Å². The fourth-order valence-electron chi connectivity index (χ4n) is 12.8. The Labute approximate surface area is 845 Å². The average Bonchev–Trinajstić information content (AvgIpc) is 0.807. The highest BCUT2D eigenvalue weighted by Crippen LogP contribution is 2.27. The first-order valence-corrected chi connectivity index (χ1v) is 48.0. The molecule has 2 aromatic carbocycles. The van der Waals surface area contributed by atoms with Crippen molar-refractivity contribution in [1.29, 1.82) is 0 Å². The first-order chi connectivity index (χ1) is 69.2. The van der Waals surface area contributed by atoms with Crippen molar-refractivity contribution in [2.75, 3.05) is 99.4 Å². The summed E-state index contributed by atoms with van der Waals surface area (Å²) in [7, 11) is 3.87. The number of carbonyl (C=O) groups is 15. The molecule has 146 heavy (non-hydrogen) atoms. The van der Waals surface area contributed by atoms with Crippen LogP contribution in [0, 0.1) is 0 Å². The van der Waals surface area contributed by atoms with E-state index in [2.05, 4.69) is 125 Å². The van der Waals surface area contributed by atoms with E-state index in [-0.39, 0.29) is 61.0 Å². The Bertz CT molecular complexity index is 5390. The maximum absolute atomic E-state index is 14.2. The van der Waals surface area contributed by atoms with Crippen molar-refractivity contribution in [1.82, 2.24) is 93.4 Å². The molecule has 19 atom stereocenters. The lowest BCUT2D eigenvalue weighted by atomic mass is 10.0. The molecule has 0 aliphatic carbocycles. The van der Waals surface area contributed by atoms with Crippen LogP contribution in [0.2, 0.25) is 0 Å². The smallest absolute Gasteiger partial charge is 0.407 e. The van der Waals surface area contributed by atoms with Crippen LogP contribution < -0.4 is 85.7 Å². The van der Waals surface area contributed by atoms with E-state index in [1.54, 1.807) is 12.3 Å². The van der Waals surface area contributed by atoms with Crippen molar-refractivity contribution in [3.05, 3.63) is 99.4 Å². The molecule has 0 aliphatic rings. The van der Waals surface area contributed by atoms with Gasteiger partial charge in [0.15, 0.2) is 16.9 Å². The van der Waals surface area contributed by atoms with Gasteiger partial charge in [-0.2, -0.15) is 4.98 Å². The number of halogens is 1. The van der Waals surface area contributed by atoms with Gasteiger partial charge in [0.2, 0.25) is 53.2 Å². The number of carbonyl (C=O) groups excluding carboxylic acids is 11. The number of benzene rings is 2. The largest absolute Gasteiger partial charge is 0.481 e. The van der Waals surface area contributed by atoms with Gasteiger partial charge in [-0.15, -0.1) is 0 Å². The Kier molecular flexibility index (Phi) is 54.1. The Morgan fingerprint density at radius 1 is 0.479 bits per heavy atom. The summed E-state index contributed by atoms with van der Waals surface area (Å²) in [4.78, 5) is 232. The molecule has 61 heteroatoms. The number of Topliss-reactive ketones (excluding diaryl/α,β-unsaturated/α-hetero) is 1. The molecule has 0 radical (unpaired) electrons. The number of fused-ring (bicyclic) bond motifs is 2. The number of ether oxygens (including phenoxy) is 1. The first kappa shape index (κ1) is 123. The zero-order chi connectivity index (χ0) is 109. The normalized spacial score (nSPS) is 15.2. The van der Waals surface area contributed by atoms with E-state index < -0.39 is 314 Å². The van der Waals surface area contributed by atoms with Gasteiger partial charge in [-0.25, -0.2) is 39.3 Å². The summed E-state index contributed by atoms with van der Waals surface area (Å²) in [6.07, 6.45) is -26.7. The van der Waals surface area contributed by atoms with Crippen molar-refractivity contribution in [3.63, 3.8) is 0 Å². The van der Waals surface area contributed by atoms with E-state index in [9.17, 15) is 158 Å². The molecule has 0 fully saturated rings. The van der Waals surface area contributed by atoms with Gasteiger partial charge in [-0.05, 0) is 101 Å². The van der Waals surface area contributed by atoms with E-state index in [0.29, 0.717) is 40.8 Å². The monoisotopic (exact) mass is 2170 g/mol. The number of aliphatic hydroxyl groups is 15. The quantitative estimate of drug-likeness (QED) is 0.0125. The highest BCUT2D eigenvalue weighted by molar-refractivity contribution is 9.10. The average molecular weight is 2170 g/mol. The SMILES string of the molecule is CC(=O)[C@H](CCC(=O)O)NC(=O)[C@H](CCC(=O)NC[C@H](O)[C@@H](O)[C@H](O)[C@H](O)CO)NC(=O)[C@H](CCC(=O)O)NC(=O)[C@H](CCC(=O)NC[C@H](O)[C@@H](O)[C@H](O)[C@H](O)CO)NC(=O)CC[C@H](NC(=O)c1ccc(NCc2cnc3nc(N)[nH]c(=O)c3n2)cc1)C(=O)O.CN[C@@H](CCC(=O)NC[C@H](O)[C@@H](O)[C@H](O)[C@H](O)CO)C(=O)N[C@@H](CSSCCOC(=O)NCCNc1cc2c(Nc3cccc(Br)c3)ncnc2cn1)C(=O)O. The van der Waals surface area contributed by atoms with Crippen LogP contribution in [-0.2, 0) is 73.6 Å². The molecule has 4 aromatic heterocycles. The number of aliphatic hydroxyl groups excluding tert-OH is 15. The van der Waals surface area contributed by atoms with Gasteiger partial charge in [0.25, 0.3) is 11.5 Å². The number of aromatic nitrogens is 7. The minimum atomic E-state index is -2.12. The lowest BCUT2D eigenvalue weighted by Crippen LogP contribution is -2.58. The molecule has 4 heterocycles. The Morgan fingerprint density at radius 3 is 1.45 bits per heavy atom. The van der Waals surface area contributed by atoms with Crippen LogP contribution in [0.5, 0.6) is 0 Å². The third-order valence-electron chi connectivity index (χ3n) is 21.2. The Hall–Kier alpha value is -13.1. The van der Waals surface area contributed by atoms with Crippen LogP contribution in [-0.4, -0.2) is 414 Å². The number of likely N-dealkylation sites (N-methyl/N-ethyl adjacent to an activating group) is 1. The number of nitrogen functional groups attached to an aromatic ring is 1. The van der Waals surface area contributed by atoms with Crippen LogP contribution in [0.15, 0.2) is 82.6 Å². The first-order valence-electron chi connectivity index (χ1n) is 44.7. The molecule has 0 bridgehead atoms. The van der Waals surface area contributed by atoms with Crippen LogP contribution in [0.4, 0.5) is 33.8 Å². The van der Waals surface area contributed by atoms with Crippen LogP contribution in [0.3, 0.4) is 0 Å². The van der Waals surface area contributed by atoms with Gasteiger partial charge in [0.1, 0.15) is 110 Å². The number of hydrogen-bond donors (Lipinski definition) is 35. The van der Waals surface area contributed by atoms with Gasteiger partial charge < -0.3 is 182 Å². The van der Waals surface area contributed by atoms with E-state index in [4.69, 9.17) is 25.8 Å². The predicted octanol–water partition coefficient (Wildman–Crippen LogP) is -9.67. The minimum Gasteiger partial charge on any atom is -0.481 e. The molecular formula is C85H121BrN22O36S2. The summed E-state index contributed by atoms with van der Waals surface area (Å²) >= 11 is 3.45. The molecule has 6 aromatic rings. The van der Waals surface area contributed by atoms with Gasteiger partial charge in [-0.3, -0.25) is 67.3 Å². The van der Waals surface area contributed by atoms with Crippen molar-refractivity contribution in [3.8, 4) is 0 Å². The maximum Gasteiger partial charge on any atom is 0.407 e.